The minimum atomic E-state index is 0. The predicted molar refractivity (Wildman–Crippen MR) is 105 cm³/mol. The SMILES string of the molecule is CN(C(=O)c1csc(-c2ccccc2Cl)n1)C1CC2CCC(C1)N2.Cl. The summed E-state index contributed by atoms with van der Waals surface area (Å²) in [6.45, 7) is 0. The monoisotopic (exact) mass is 397 g/mol. The number of nitrogens with zero attached hydrogens (tertiary/aromatic N) is 2. The summed E-state index contributed by atoms with van der Waals surface area (Å²) in [7, 11) is 1.91. The van der Waals surface area contributed by atoms with E-state index in [1.165, 1.54) is 24.2 Å². The van der Waals surface area contributed by atoms with Crippen molar-refractivity contribution in [2.75, 3.05) is 7.05 Å². The van der Waals surface area contributed by atoms with E-state index in [1.807, 2.05) is 41.6 Å². The standard InChI is InChI=1S/C18H20ClN3OS.ClH/c1-22(13-8-11-6-7-12(9-13)20-11)18(23)16-10-24-17(21-16)14-4-2-3-5-15(14)19;/h2-5,10-13,20H,6-9H2,1H3;1H. The Balaban J connectivity index is 0.00000182. The molecule has 3 heterocycles. The Bertz CT molecular complexity index is 754. The zero-order chi connectivity index (χ0) is 16.7. The highest BCUT2D eigenvalue weighted by Crippen LogP contribution is 2.32. The van der Waals surface area contributed by atoms with Crippen LogP contribution in [0.3, 0.4) is 0 Å². The van der Waals surface area contributed by atoms with E-state index in [2.05, 4.69) is 10.3 Å². The van der Waals surface area contributed by atoms with Gasteiger partial charge in [-0.05, 0) is 31.7 Å². The maximum atomic E-state index is 12.8. The van der Waals surface area contributed by atoms with Crippen molar-refractivity contribution in [1.29, 1.82) is 0 Å². The second kappa shape index (κ2) is 7.62. The molecule has 2 fully saturated rings. The number of piperidine rings is 1. The van der Waals surface area contributed by atoms with Gasteiger partial charge < -0.3 is 10.2 Å². The summed E-state index contributed by atoms with van der Waals surface area (Å²) in [5, 5.41) is 6.92. The Morgan fingerprint density at radius 3 is 2.64 bits per heavy atom. The van der Waals surface area contributed by atoms with Crippen molar-refractivity contribution in [3.05, 3.63) is 40.4 Å². The number of carbonyl (C=O) groups is 1. The third kappa shape index (κ3) is 3.70. The zero-order valence-corrected chi connectivity index (χ0v) is 16.3. The van der Waals surface area contributed by atoms with E-state index >= 15 is 0 Å². The molecule has 2 unspecified atom stereocenters. The summed E-state index contributed by atoms with van der Waals surface area (Å²) in [5.41, 5.74) is 1.40. The summed E-state index contributed by atoms with van der Waals surface area (Å²) in [6.07, 6.45) is 4.55. The Hall–Kier alpha value is -1.14. The van der Waals surface area contributed by atoms with Gasteiger partial charge in [0, 0.05) is 36.1 Å². The molecule has 2 aromatic rings. The average molecular weight is 398 g/mol. The summed E-state index contributed by atoms with van der Waals surface area (Å²) in [4.78, 5) is 19.2. The van der Waals surface area contributed by atoms with Crippen LogP contribution in [0.4, 0.5) is 0 Å². The molecule has 4 rings (SSSR count). The fraction of sp³-hybridized carbons (Fsp3) is 0.444. The van der Waals surface area contributed by atoms with Gasteiger partial charge >= 0.3 is 0 Å². The van der Waals surface area contributed by atoms with Crippen molar-refractivity contribution >= 4 is 41.3 Å². The van der Waals surface area contributed by atoms with Crippen LogP contribution in [0.1, 0.15) is 36.2 Å². The number of carbonyl (C=O) groups excluding carboxylic acids is 1. The van der Waals surface area contributed by atoms with Crippen molar-refractivity contribution < 1.29 is 4.79 Å². The fourth-order valence-electron chi connectivity index (χ4n) is 3.82. The number of nitrogens with one attached hydrogen (secondary N) is 1. The van der Waals surface area contributed by atoms with E-state index in [-0.39, 0.29) is 18.3 Å². The van der Waals surface area contributed by atoms with Crippen LogP contribution in [0.25, 0.3) is 10.6 Å². The van der Waals surface area contributed by atoms with Gasteiger partial charge in [-0.2, -0.15) is 0 Å². The lowest BCUT2D eigenvalue weighted by atomic mass is 9.98. The van der Waals surface area contributed by atoms with Gasteiger partial charge in [0.2, 0.25) is 0 Å². The number of benzene rings is 1. The third-order valence-corrected chi connectivity index (χ3v) is 6.35. The number of fused-ring (bicyclic) bond motifs is 2. The van der Waals surface area contributed by atoms with E-state index in [9.17, 15) is 4.79 Å². The average Bonchev–Trinajstić information content (AvgIpc) is 3.20. The molecule has 2 bridgehead atoms. The van der Waals surface area contributed by atoms with Gasteiger partial charge in [0.25, 0.3) is 5.91 Å². The van der Waals surface area contributed by atoms with Crippen LogP contribution in [0.2, 0.25) is 5.02 Å². The van der Waals surface area contributed by atoms with Crippen LogP contribution < -0.4 is 5.32 Å². The van der Waals surface area contributed by atoms with Crippen LogP contribution >= 0.6 is 35.3 Å². The molecule has 1 aromatic carbocycles. The van der Waals surface area contributed by atoms with Gasteiger partial charge in [0.05, 0.1) is 5.02 Å². The summed E-state index contributed by atoms with van der Waals surface area (Å²) in [6, 6.07) is 9.05. The molecular weight excluding hydrogens is 377 g/mol. The van der Waals surface area contributed by atoms with E-state index in [1.54, 1.807) is 0 Å². The second-order valence-corrected chi connectivity index (χ2v) is 7.96. The quantitative estimate of drug-likeness (QED) is 0.841. The molecule has 2 saturated heterocycles. The molecule has 25 heavy (non-hydrogen) atoms. The topological polar surface area (TPSA) is 45.2 Å². The predicted octanol–water partition coefficient (Wildman–Crippen LogP) is 4.24. The van der Waals surface area contributed by atoms with Crippen LogP contribution in [0.5, 0.6) is 0 Å². The van der Waals surface area contributed by atoms with E-state index in [0.717, 1.165) is 23.4 Å². The zero-order valence-electron chi connectivity index (χ0n) is 13.9. The molecule has 1 amide bonds. The van der Waals surface area contributed by atoms with Crippen molar-refractivity contribution in [3.8, 4) is 10.6 Å². The van der Waals surface area contributed by atoms with Gasteiger partial charge in [-0.1, -0.05) is 29.8 Å². The summed E-state index contributed by atoms with van der Waals surface area (Å²) in [5.74, 6) is 0.0100. The molecule has 4 nitrogen and oxygen atoms in total. The van der Waals surface area contributed by atoms with Crippen LogP contribution in [-0.4, -0.2) is 41.0 Å². The molecule has 1 aromatic heterocycles. The Labute approximate surface area is 163 Å². The Kier molecular flexibility index (Phi) is 5.68. The van der Waals surface area contributed by atoms with Gasteiger partial charge in [0.1, 0.15) is 10.7 Å². The smallest absolute Gasteiger partial charge is 0.273 e. The van der Waals surface area contributed by atoms with Crippen LogP contribution in [-0.2, 0) is 0 Å². The first-order valence-electron chi connectivity index (χ1n) is 8.35. The molecule has 134 valence electrons. The minimum absolute atomic E-state index is 0. The Morgan fingerprint density at radius 2 is 1.96 bits per heavy atom. The number of rotatable bonds is 3. The lowest BCUT2D eigenvalue weighted by Gasteiger charge is -2.35. The molecule has 0 radical (unpaired) electrons. The number of thiazole rings is 1. The molecule has 0 spiro atoms. The van der Waals surface area contributed by atoms with Crippen LogP contribution in [0, 0.1) is 0 Å². The highest BCUT2D eigenvalue weighted by Gasteiger charge is 2.36. The van der Waals surface area contributed by atoms with Gasteiger partial charge in [-0.25, -0.2) is 4.98 Å². The van der Waals surface area contributed by atoms with Gasteiger partial charge in [-0.15, -0.1) is 23.7 Å². The Morgan fingerprint density at radius 1 is 1.28 bits per heavy atom. The first kappa shape index (κ1) is 18.6. The van der Waals surface area contributed by atoms with Gasteiger partial charge in [0.15, 0.2) is 0 Å². The van der Waals surface area contributed by atoms with E-state index in [4.69, 9.17) is 11.6 Å². The molecule has 2 atom stereocenters. The second-order valence-electron chi connectivity index (χ2n) is 6.70. The van der Waals surface area contributed by atoms with Crippen LogP contribution in [0.15, 0.2) is 29.6 Å². The molecule has 0 aliphatic carbocycles. The highest BCUT2D eigenvalue weighted by atomic mass is 35.5. The molecular formula is C18H21Cl2N3OS. The molecule has 0 saturated carbocycles. The molecule has 7 heteroatoms. The van der Waals surface area contributed by atoms with E-state index < -0.39 is 0 Å². The lowest BCUT2D eigenvalue weighted by molar-refractivity contribution is 0.0676. The number of hydrogen-bond acceptors (Lipinski definition) is 4. The summed E-state index contributed by atoms with van der Waals surface area (Å²) >= 11 is 7.70. The van der Waals surface area contributed by atoms with Crippen molar-refractivity contribution in [2.24, 2.45) is 0 Å². The largest absolute Gasteiger partial charge is 0.337 e. The van der Waals surface area contributed by atoms with Crippen molar-refractivity contribution in [1.82, 2.24) is 15.2 Å². The van der Waals surface area contributed by atoms with Crippen molar-refractivity contribution in [2.45, 2.75) is 43.8 Å². The maximum Gasteiger partial charge on any atom is 0.273 e. The lowest BCUT2D eigenvalue weighted by Crippen LogP contribution is -2.48. The number of aromatic nitrogens is 1. The number of halogens is 2. The highest BCUT2D eigenvalue weighted by molar-refractivity contribution is 7.13. The molecule has 2 aliphatic heterocycles. The van der Waals surface area contributed by atoms with Crippen molar-refractivity contribution in [3.63, 3.8) is 0 Å². The fourth-order valence-corrected chi connectivity index (χ4v) is 4.93. The minimum Gasteiger partial charge on any atom is -0.337 e. The molecule has 1 N–H and O–H groups in total. The first-order valence-corrected chi connectivity index (χ1v) is 9.61. The summed E-state index contributed by atoms with van der Waals surface area (Å²) < 4.78 is 0. The number of amides is 1. The third-order valence-electron chi connectivity index (χ3n) is 5.14. The maximum absolute atomic E-state index is 12.8. The molecule has 2 aliphatic rings. The number of hydrogen-bond donors (Lipinski definition) is 1. The van der Waals surface area contributed by atoms with Gasteiger partial charge in [-0.3, -0.25) is 4.79 Å². The van der Waals surface area contributed by atoms with E-state index in [0.29, 0.717) is 28.8 Å². The normalized spacial score (nSPS) is 24.6. The first-order chi connectivity index (χ1) is 11.6.